The molecule has 2 aromatic rings. The van der Waals surface area contributed by atoms with Crippen molar-refractivity contribution in [2.45, 2.75) is 19.4 Å². The van der Waals surface area contributed by atoms with Gasteiger partial charge < -0.3 is 15.2 Å². The van der Waals surface area contributed by atoms with Gasteiger partial charge in [-0.3, -0.25) is 0 Å². The molecule has 3 rings (SSSR count). The molecule has 0 radical (unpaired) electrons. The third kappa shape index (κ3) is 3.97. The number of benzene rings is 2. The van der Waals surface area contributed by atoms with E-state index in [1.807, 2.05) is 36.4 Å². The Morgan fingerprint density at radius 2 is 2.00 bits per heavy atom. The highest BCUT2D eigenvalue weighted by Gasteiger charge is 2.36. The first-order valence-corrected chi connectivity index (χ1v) is 8.64. The van der Waals surface area contributed by atoms with Crippen LogP contribution in [0.25, 0.3) is 0 Å². The molecule has 0 amide bonds. The van der Waals surface area contributed by atoms with Gasteiger partial charge in [-0.2, -0.15) is 5.26 Å². The van der Waals surface area contributed by atoms with E-state index in [4.69, 9.17) is 26.8 Å². The SMILES string of the molecule is CC1=C(C(=O)OCc2ccccc2)C(c2cccc(Cl)c2)C(C#N)=C(N)O1. The van der Waals surface area contributed by atoms with Crippen LogP contribution < -0.4 is 5.73 Å². The largest absolute Gasteiger partial charge is 0.457 e. The van der Waals surface area contributed by atoms with Gasteiger partial charge in [0, 0.05) is 5.02 Å². The highest BCUT2D eigenvalue weighted by molar-refractivity contribution is 6.30. The minimum absolute atomic E-state index is 0.0282. The van der Waals surface area contributed by atoms with Crippen molar-refractivity contribution in [3.05, 3.63) is 93.5 Å². The fraction of sp³-hybridized carbons (Fsp3) is 0.143. The van der Waals surface area contributed by atoms with Gasteiger partial charge in [-0.15, -0.1) is 0 Å². The summed E-state index contributed by atoms with van der Waals surface area (Å²) in [5, 5.41) is 10.1. The number of hydrogen-bond donors (Lipinski definition) is 1. The lowest BCUT2D eigenvalue weighted by Crippen LogP contribution is -2.25. The highest BCUT2D eigenvalue weighted by Crippen LogP contribution is 2.40. The van der Waals surface area contributed by atoms with E-state index in [1.165, 1.54) is 0 Å². The number of halogens is 1. The Hall–Kier alpha value is -3.23. The number of nitriles is 1. The number of rotatable bonds is 4. The monoisotopic (exact) mass is 380 g/mol. The van der Waals surface area contributed by atoms with E-state index in [-0.39, 0.29) is 23.6 Å². The predicted octanol–water partition coefficient (Wildman–Crippen LogP) is 4.17. The maximum Gasteiger partial charge on any atom is 0.338 e. The lowest BCUT2D eigenvalue weighted by molar-refractivity contribution is -0.140. The number of ether oxygens (including phenoxy) is 2. The van der Waals surface area contributed by atoms with Crippen LogP contribution in [0, 0.1) is 11.3 Å². The minimum Gasteiger partial charge on any atom is -0.457 e. The topological polar surface area (TPSA) is 85.3 Å². The summed E-state index contributed by atoms with van der Waals surface area (Å²) in [4.78, 5) is 12.9. The molecule has 0 bridgehead atoms. The van der Waals surface area contributed by atoms with Crippen LogP contribution in [-0.4, -0.2) is 5.97 Å². The number of allylic oxidation sites excluding steroid dienone is 2. The molecule has 1 atom stereocenters. The molecule has 0 saturated heterocycles. The zero-order valence-electron chi connectivity index (χ0n) is 14.6. The van der Waals surface area contributed by atoms with Crippen molar-refractivity contribution in [1.82, 2.24) is 0 Å². The molecule has 0 aliphatic carbocycles. The zero-order valence-corrected chi connectivity index (χ0v) is 15.4. The average Bonchev–Trinajstić information content (AvgIpc) is 2.66. The van der Waals surface area contributed by atoms with Crippen molar-refractivity contribution in [3.8, 4) is 6.07 Å². The summed E-state index contributed by atoms with van der Waals surface area (Å²) in [6.07, 6.45) is 0. The van der Waals surface area contributed by atoms with Gasteiger partial charge in [0.05, 0.1) is 11.5 Å². The molecule has 2 N–H and O–H groups in total. The van der Waals surface area contributed by atoms with E-state index in [2.05, 4.69) is 0 Å². The Kier molecular flexibility index (Phi) is 5.49. The Bertz CT molecular complexity index is 974. The van der Waals surface area contributed by atoms with Crippen molar-refractivity contribution < 1.29 is 14.3 Å². The van der Waals surface area contributed by atoms with Gasteiger partial charge in [0.25, 0.3) is 0 Å². The third-order valence-electron chi connectivity index (χ3n) is 4.22. The lowest BCUT2D eigenvalue weighted by Gasteiger charge is -2.27. The van der Waals surface area contributed by atoms with Gasteiger partial charge >= 0.3 is 5.97 Å². The molecule has 0 fully saturated rings. The molecule has 1 aliphatic heterocycles. The van der Waals surface area contributed by atoms with Gasteiger partial charge in [0.1, 0.15) is 24.0 Å². The van der Waals surface area contributed by atoms with Crippen LogP contribution in [0.3, 0.4) is 0 Å². The number of carbonyl (C=O) groups is 1. The fourth-order valence-corrected chi connectivity index (χ4v) is 3.17. The summed E-state index contributed by atoms with van der Waals surface area (Å²) in [7, 11) is 0. The maximum atomic E-state index is 12.9. The van der Waals surface area contributed by atoms with Crippen LogP contribution in [0.1, 0.15) is 24.0 Å². The number of esters is 1. The highest BCUT2D eigenvalue weighted by atomic mass is 35.5. The zero-order chi connectivity index (χ0) is 19.4. The average molecular weight is 381 g/mol. The van der Waals surface area contributed by atoms with E-state index in [0.29, 0.717) is 16.3 Å². The summed E-state index contributed by atoms with van der Waals surface area (Å²) < 4.78 is 10.9. The third-order valence-corrected chi connectivity index (χ3v) is 4.46. The van der Waals surface area contributed by atoms with Crippen molar-refractivity contribution in [1.29, 1.82) is 5.26 Å². The molecular formula is C21H17ClN2O3. The first-order valence-electron chi connectivity index (χ1n) is 8.26. The smallest absolute Gasteiger partial charge is 0.338 e. The molecule has 27 heavy (non-hydrogen) atoms. The molecule has 2 aromatic carbocycles. The van der Waals surface area contributed by atoms with Gasteiger partial charge in [-0.05, 0) is 30.2 Å². The quantitative estimate of drug-likeness (QED) is 0.805. The predicted molar refractivity (Wildman–Crippen MR) is 101 cm³/mol. The molecule has 1 aliphatic rings. The lowest BCUT2D eigenvalue weighted by atomic mass is 9.83. The molecule has 5 nitrogen and oxygen atoms in total. The first-order chi connectivity index (χ1) is 13.0. The molecule has 136 valence electrons. The van der Waals surface area contributed by atoms with E-state index in [1.54, 1.807) is 31.2 Å². The Labute approximate surface area is 162 Å². The summed E-state index contributed by atoms with van der Waals surface area (Å²) >= 11 is 6.10. The number of hydrogen-bond acceptors (Lipinski definition) is 5. The fourth-order valence-electron chi connectivity index (χ4n) is 2.97. The first kappa shape index (κ1) is 18.6. The molecular weight excluding hydrogens is 364 g/mol. The molecule has 1 heterocycles. The maximum absolute atomic E-state index is 12.9. The van der Waals surface area contributed by atoms with E-state index < -0.39 is 11.9 Å². The molecule has 0 spiro atoms. The summed E-state index contributed by atoms with van der Waals surface area (Å²) in [6, 6.07) is 18.3. The molecule has 1 unspecified atom stereocenters. The number of nitrogens with two attached hydrogens (primary N) is 1. The van der Waals surface area contributed by atoms with Crippen LogP contribution >= 0.6 is 11.6 Å². The Balaban J connectivity index is 1.96. The molecule has 6 heteroatoms. The standard InChI is InChI=1S/C21H17ClN2O3/c1-13-18(21(25)26-12-14-6-3-2-4-7-14)19(17(11-23)20(24)27-13)15-8-5-9-16(22)10-15/h2-10,19H,12,24H2,1H3. The summed E-state index contributed by atoms with van der Waals surface area (Å²) in [6.45, 7) is 1.73. The summed E-state index contributed by atoms with van der Waals surface area (Å²) in [5.41, 5.74) is 7.79. The molecule has 0 saturated carbocycles. The van der Waals surface area contributed by atoms with Crippen LogP contribution in [-0.2, 0) is 20.9 Å². The van der Waals surface area contributed by atoms with Gasteiger partial charge in [-0.1, -0.05) is 54.1 Å². The van der Waals surface area contributed by atoms with Crippen molar-refractivity contribution in [3.63, 3.8) is 0 Å². The van der Waals surface area contributed by atoms with Crippen LogP contribution in [0.5, 0.6) is 0 Å². The number of nitrogens with zero attached hydrogens (tertiary/aromatic N) is 1. The van der Waals surface area contributed by atoms with Crippen molar-refractivity contribution >= 4 is 17.6 Å². The molecule has 0 aromatic heterocycles. The number of carbonyl (C=O) groups excluding carboxylic acids is 1. The minimum atomic E-state index is -0.703. The van der Waals surface area contributed by atoms with E-state index >= 15 is 0 Å². The second-order valence-electron chi connectivity index (χ2n) is 6.01. The van der Waals surface area contributed by atoms with Gasteiger partial charge in [0.15, 0.2) is 0 Å². The second-order valence-corrected chi connectivity index (χ2v) is 6.45. The van der Waals surface area contributed by atoms with Gasteiger partial charge in [0.2, 0.25) is 5.88 Å². The van der Waals surface area contributed by atoms with Crippen LogP contribution in [0.2, 0.25) is 5.02 Å². The van der Waals surface area contributed by atoms with E-state index in [9.17, 15) is 10.1 Å². The van der Waals surface area contributed by atoms with Crippen LogP contribution in [0.4, 0.5) is 0 Å². The summed E-state index contributed by atoms with van der Waals surface area (Å²) in [5.74, 6) is -0.999. The normalized spacial score (nSPS) is 16.6. The van der Waals surface area contributed by atoms with Gasteiger partial charge in [-0.25, -0.2) is 4.79 Å². The van der Waals surface area contributed by atoms with Crippen LogP contribution in [0.15, 0.2) is 77.4 Å². The van der Waals surface area contributed by atoms with Crippen molar-refractivity contribution in [2.24, 2.45) is 5.73 Å². The van der Waals surface area contributed by atoms with E-state index in [0.717, 1.165) is 5.56 Å². The van der Waals surface area contributed by atoms with Crippen molar-refractivity contribution in [2.75, 3.05) is 0 Å². The Morgan fingerprint density at radius 3 is 2.67 bits per heavy atom. The second kappa shape index (κ2) is 7.98. The Morgan fingerprint density at radius 1 is 1.26 bits per heavy atom.